The molecule has 2 aromatic rings. The Hall–Kier alpha value is -1.77. The van der Waals surface area contributed by atoms with Crippen LogP contribution in [0.3, 0.4) is 0 Å². The van der Waals surface area contributed by atoms with Gasteiger partial charge in [0, 0.05) is 16.9 Å². The predicted octanol–water partition coefficient (Wildman–Crippen LogP) is 1.75. The Morgan fingerprint density at radius 1 is 1.13 bits per heavy atom. The van der Waals surface area contributed by atoms with Crippen molar-refractivity contribution in [3.05, 3.63) is 64.4 Å². The molecule has 0 aliphatic heterocycles. The van der Waals surface area contributed by atoms with Crippen LogP contribution in [0.15, 0.2) is 57.9 Å². The number of halogens is 2. The van der Waals surface area contributed by atoms with Crippen LogP contribution >= 0.6 is 15.9 Å². The first-order valence-corrected chi connectivity index (χ1v) is 8.79. The average molecular weight is 401 g/mol. The number of benzene rings is 2. The minimum atomic E-state index is -3.94. The third kappa shape index (κ3) is 4.85. The largest absolute Gasteiger partial charge is 0.550 e. The SMILES string of the molecule is O=C([O-])CC(NS(=O)(=O)c1ccc(Br)cc1)c1ccc(F)cc1. The van der Waals surface area contributed by atoms with Crippen molar-refractivity contribution in [1.82, 2.24) is 4.72 Å². The highest BCUT2D eigenvalue weighted by Crippen LogP contribution is 2.21. The number of hydrogen-bond acceptors (Lipinski definition) is 4. The van der Waals surface area contributed by atoms with Crippen LogP contribution in [0.5, 0.6) is 0 Å². The van der Waals surface area contributed by atoms with E-state index >= 15 is 0 Å². The van der Waals surface area contributed by atoms with Gasteiger partial charge in [0.25, 0.3) is 0 Å². The molecular formula is C15H12BrFNO4S-. The van der Waals surface area contributed by atoms with Crippen molar-refractivity contribution < 1.29 is 22.7 Å². The highest BCUT2D eigenvalue weighted by atomic mass is 79.9. The van der Waals surface area contributed by atoms with E-state index in [9.17, 15) is 22.7 Å². The first-order chi connectivity index (χ1) is 10.8. The van der Waals surface area contributed by atoms with Crippen molar-refractivity contribution in [1.29, 1.82) is 0 Å². The highest BCUT2D eigenvalue weighted by molar-refractivity contribution is 9.10. The fourth-order valence-electron chi connectivity index (χ4n) is 1.96. The van der Waals surface area contributed by atoms with Gasteiger partial charge in [0.05, 0.1) is 10.9 Å². The zero-order chi connectivity index (χ0) is 17.0. The van der Waals surface area contributed by atoms with Gasteiger partial charge in [-0.1, -0.05) is 28.1 Å². The van der Waals surface area contributed by atoms with Crippen molar-refractivity contribution in [3.8, 4) is 0 Å². The highest BCUT2D eigenvalue weighted by Gasteiger charge is 2.21. The molecule has 2 aromatic carbocycles. The van der Waals surface area contributed by atoms with E-state index in [4.69, 9.17) is 0 Å². The van der Waals surface area contributed by atoms with Gasteiger partial charge in [-0.3, -0.25) is 0 Å². The summed E-state index contributed by atoms with van der Waals surface area (Å²) in [4.78, 5) is 10.9. The van der Waals surface area contributed by atoms with Crippen LogP contribution in [-0.2, 0) is 14.8 Å². The first kappa shape index (κ1) is 17.6. The van der Waals surface area contributed by atoms with Crippen LogP contribution in [0, 0.1) is 5.82 Å². The summed E-state index contributed by atoms with van der Waals surface area (Å²) < 4.78 is 40.7. The Kier molecular flexibility index (Phi) is 5.51. The number of carboxylic acid groups (broad SMARTS) is 1. The lowest BCUT2D eigenvalue weighted by Gasteiger charge is -2.20. The number of carboxylic acids is 1. The molecule has 0 bridgehead atoms. The van der Waals surface area contributed by atoms with Gasteiger partial charge >= 0.3 is 0 Å². The molecule has 8 heteroatoms. The zero-order valence-corrected chi connectivity index (χ0v) is 14.1. The van der Waals surface area contributed by atoms with Crippen LogP contribution in [-0.4, -0.2) is 14.4 Å². The van der Waals surface area contributed by atoms with Crippen molar-refractivity contribution in [2.24, 2.45) is 0 Å². The van der Waals surface area contributed by atoms with E-state index in [1.165, 1.54) is 24.3 Å². The van der Waals surface area contributed by atoms with E-state index in [0.29, 0.717) is 10.0 Å². The standard InChI is InChI=1S/C15H13BrFNO4S/c16-11-3-7-13(8-4-11)23(21,22)18-14(9-15(19)20)10-1-5-12(17)6-2-10/h1-8,14,18H,9H2,(H,19,20)/p-1. The van der Waals surface area contributed by atoms with Gasteiger partial charge in [-0.15, -0.1) is 0 Å². The van der Waals surface area contributed by atoms with Gasteiger partial charge in [-0.05, 0) is 42.0 Å². The Labute approximate surface area is 141 Å². The fraction of sp³-hybridized carbons (Fsp3) is 0.133. The average Bonchev–Trinajstić information content (AvgIpc) is 2.47. The quantitative estimate of drug-likeness (QED) is 0.799. The lowest BCUT2D eigenvalue weighted by molar-refractivity contribution is -0.306. The van der Waals surface area contributed by atoms with Crippen LogP contribution in [0.25, 0.3) is 0 Å². The lowest BCUT2D eigenvalue weighted by atomic mass is 10.1. The summed E-state index contributed by atoms with van der Waals surface area (Å²) in [5.74, 6) is -1.92. The fourth-order valence-corrected chi connectivity index (χ4v) is 3.45. The van der Waals surface area contributed by atoms with Crippen LogP contribution < -0.4 is 9.83 Å². The predicted molar refractivity (Wildman–Crippen MR) is 83.2 cm³/mol. The molecule has 1 N–H and O–H groups in total. The summed E-state index contributed by atoms with van der Waals surface area (Å²) in [5, 5.41) is 10.9. The van der Waals surface area contributed by atoms with Gasteiger partial charge in [0.15, 0.2) is 0 Å². The second-order valence-electron chi connectivity index (χ2n) is 4.76. The van der Waals surface area contributed by atoms with Crippen LogP contribution in [0.4, 0.5) is 4.39 Å². The maximum atomic E-state index is 13.0. The smallest absolute Gasteiger partial charge is 0.241 e. The molecule has 0 aliphatic carbocycles. The Balaban J connectivity index is 2.31. The zero-order valence-electron chi connectivity index (χ0n) is 11.7. The number of hydrogen-bond donors (Lipinski definition) is 1. The summed E-state index contributed by atoms with van der Waals surface area (Å²) >= 11 is 3.20. The Morgan fingerprint density at radius 3 is 2.22 bits per heavy atom. The maximum absolute atomic E-state index is 13.0. The molecule has 23 heavy (non-hydrogen) atoms. The monoisotopic (exact) mass is 400 g/mol. The number of rotatable bonds is 6. The molecule has 0 amide bonds. The van der Waals surface area contributed by atoms with E-state index in [1.54, 1.807) is 12.1 Å². The topological polar surface area (TPSA) is 86.3 Å². The summed E-state index contributed by atoms with van der Waals surface area (Å²) in [6, 6.07) is 9.73. The third-order valence-corrected chi connectivity index (χ3v) is 5.08. The van der Waals surface area contributed by atoms with Gasteiger partial charge in [0.1, 0.15) is 5.82 Å². The van der Waals surface area contributed by atoms with Gasteiger partial charge in [0.2, 0.25) is 10.0 Å². The van der Waals surface area contributed by atoms with E-state index in [2.05, 4.69) is 20.7 Å². The van der Waals surface area contributed by atoms with Crippen LogP contribution in [0.1, 0.15) is 18.0 Å². The molecule has 0 saturated carbocycles. The van der Waals surface area contributed by atoms with Crippen molar-refractivity contribution >= 4 is 31.9 Å². The van der Waals surface area contributed by atoms with E-state index in [0.717, 1.165) is 12.1 Å². The molecule has 0 heterocycles. The molecule has 0 fully saturated rings. The molecule has 2 rings (SSSR count). The summed E-state index contributed by atoms with van der Waals surface area (Å²) in [6.07, 6.45) is -0.568. The van der Waals surface area contributed by atoms with Gasteiger partial charge < -0.3 is 9.90 Å². The van der Waals surface area contributed by atoms with Crippen molar-refractivity contribution in [2.75, 3.05) is 0 Å². The minimum absolute atomic E-state index is 0.00819. The molecule has 1 atom stereocenters. The molecule has 0 aromatic heterocycles. The van der Waals surface area contributed by atoms with Crippen molar-refractivity contribution in [3.63, 3.8) is 0 Å². The lowest BCUT2D eigenvalue weighted by Crippen LogP contribution is -2.34. The molecule has 0 aliphatic rings. The van der Waals surface area contributed by atoms with Gasteiger partial charge in [-0.25, -0.2) is 17.5 Å². The summed E-state index contributed by atoms with van der Waals surface area (Å²) in [7, 11) is -3.94. The minimum Gasteiger partial charge on any atom is -0.550 e. The second kappa shape index (κ2) is 7.20. The van der Waals surface area contributed by atoms with E-state index in [1.807, 2.05) is 0 Å². The van der Waals surface area contributed by atoms with Crippen molar-refractivity contribution in [2.45, 2.75) is 17.4 Å². The summed E-state index contributed by atoms with van der Waals surface area (Å²) in [5.41, 5.74) is 0.330. The molecular weight excluding hydrogens is 389 g/mol. The Bertz CT molecular complexity index is 791. The Morgan fingerprint density at radius 2 is 1.70 bits per heavy atom. The van der Waals surface area contributed by atoms with E-state index in [-0.39, 0.29) is 4.90 Å². The third-order valence-electron chi connectivity index (χ3n) is 3.06. The second-order valence-corrected chi connectivity index (χ2v) is 7.39. The number of carbonyl (C=O) groups is 1. The molecule has 5 nitrogen and oxygen atoms in total. The molecule has 0 radical (unpaired) electrons. The molecule has 1 unspecified atom stereocenters. The maximum Gasteiger partial charge on any atom is 0.241 e. The summed E-state index contributed by atoms with van der Waals surface area (Å²) in [6.45, 7) is 0. The molecule has 122 valence electrons. The number of sulfonamides is 1. The normalized spacial score (nSPS) is 12.8. The number of carbonyl (C=O) groups excluding carboxylic acids is 1. The number of nitrogens with one attached hydrogen (secondary N) is 1. The first-order valence-electron chi connectivity index (χ1n) is 6.51. The van der Waals surface area contributed by atoms with Gasteiger partial charge in [-0.2, -0.15) is 0 Å². The molecule has 0 saturated heterocycles. The number of aliphatic carboxylic acids is 1. The van der Waals surface area contributed by atoms with Crippen LogP contribution in [0.2, 0.25) is 0 Å². The molecule has 0 spiro atoms. The van der Waals surface area contributed by atoms with E-state index < -0.39 is 34.3 Å².